The lowest BCUT2D eigenvalue weighted by Crippen LogP contribution is -2.27. The Morgan fingerprint density at radius 3 is 3.14 bits per heavy atom. The molecule has 0 radical (unpaired) electrons. The Morgan fingerprint density at radius 2 is 2.43 bits per heavy atom. The summed E-state index contributed by atoms with van der Waals surface area (Å²) in [6.45, 7) is 4.47. The zero-order chi connectivity index (χ0) is 9.54. The molecule has 1 aliphatic carbocycles. The summed E-state index contributed by atoms with van der Waals surface area (Å²) in [7, 11) is 0. The standard InChI is InChI=1S/C11H17N3/c1-2-8-6-12-11-5-10(9-3-4-9)13-14(11)7-8/h5,8-9,12H,2-4,6-7H2,1H3. The fourth-order valence-electron chi connectivity index (χ4n) is 2.13. The van der Waals surface area contributed by atoms with Crippen molar-refractivity contribution >= 4 is 5.82 Å². The van der Waals surface area contributed by atoms with Gasteiger partial charge in [0, 0.05) is 25.1 Å². The van der Waals surface area contributed by atoms with Crippen LogP contribution in [0.15, 0.2) is 6.07 Å². The second kappa shape index (κ2) is 3.01. The highest BCUT2D eigenvalue weighted by Crippen LogP contribution is 2.40. The molecule has 3 nitrogen and oxygen atoms in total. The molecule has 14 heavy (non-hydrogen) atoms. The molecule has 0 amide bonds. The first-order valence-corrected chi connectivity index (χ1v) is 5.68. The first kappa shape index (κ1) is 8.33. The van der Waals surface area contributed by atoms with Crippen molar-refractivity contribution in [2.45, 2.75) is 38.6 Å². The summed E-state index contributed by atoms with van der Waals surface area (Å²) < 4.78 is 2.16. The molecular weight excluding hydrogens is 174 g/mol. The third-order valence-corrected chi connectivity index (χ3v) is 3.37. The van der Waals surface area contributed by atoms with Gasteiger partial charge in [-0.25, -0.2) is 4.68 Å². The largest absolute Gasteiger partial charge is 0.370 e. The number of aromatic nitrogens is 2. The minimum Gasteiger partial charge on any atom is -0.370 e. The van der Waals surface area contributed by atoms with Crippen LogP contribution in [0.2, 0.25) is 0 Å². The van der Waals surface area contributed by atoms with Gasteiger partial charge in [0.05, 0.1) is 5.69 Å². The van der Waals surface area contributed by atoms with E-state index >= 15 is 0 Å². The summed E-state index contributed by atoms with van der Waals surface area (Å²) in [5.74, 6) is 2.76. The monoisotopic (exact) mass is 191 g/mol. The van der Waals surface area contributed by atoms with Gasteiger partial charge in [-0.15, -0.1) is 0 Å². The maximum Gasteiger partial charge on any atom is 0.124 e. The number of nitrogens with zero attached hydrogens (tertiary/aromatic N) is 2. The Balaban J connectivity index is 1.85. The first-order valence-electron chi connectivity index (χ1n) is 5.68. The topological polar surface area (TPSA) is 29.9 Å². The van der Waals surface area contributed by atoms with Crippen LogP contribution in [-0.4, -0.2) is 16.3 Å². The SMILES string of the molecule is CCC1CNc2cc(C3CC3)nn2C1. The van der Waals surface area contributed by atoms with Crippen LogP contribution in [0.1, 0.15) is 37.8 Å². The summed E-state index contributed by atoms with van der Waals surface area (Å²) in [6.07, 6.45) is 3.92. The van der Waals surface area contributed by atoms with Crippen LogP contribution >= 0.6 is 0 Å². The molecule has 1 aliphatic heterocycles. The van der Waals surface area contributed by atoms with Crippen molar-refractivity contribution in [2.75, 3.05) is 11.9 Å². The highest BCUT2D eigenvalue weighted by atomic mass is 15.3. The van der Waals surface area contributed by atoms with Gasteiger partial charge in [0.1, 0.15) is 5.82 Å². The molecule has 1 aromatic rings. The fraction of sp³-hybridized carbons (Fsp3) is 0.727. The third-order valence-electron chi connectivity index (χ3n) is 3.37. The highest BCUT2D eigenvalue weighted by molar-refractivity contribution is 5.40. The number of nitrogens with one attached hydrogen (secondary N) is 1. The molecule has 1 saturated carbocycles. The molecule has 0 spiro atoms. The van der Waals surface area contributed by atoms with Crippen molar-refractivity contribution in [1.29, 1.82) is 0 Å². The zero-order valence-corrected chi connectivity index (χ0v) is 8.66. The van der Waals surface area contributed by atoms with Crippen LogP contribution in [-0.2, 0) is 6.54 Å². The average Bonchev–Trinajstić information content (AvgIpc) is 2.97. The van der Waals surface area contributed by atoms with Crippen molar-refractivity contribution in [3.05, 3.63) is 11.8 Å². The quantitative estimate of drug-likeness (QED) is 0.776. The minimum absolute atomic E-state index is 0.759. The van der Waals surface area contributed by atoms with E-state index in [1.54, 1.807) is 0 Å². The van der Waals surface area contributed by atoms with Crippen molar-refractivity contribution < 1.29 is 0 Å². The van der Waals surface area contributed by atoms with E-state index < -0.39 is 0 Å². The van der Waals surface area contributed by atoms with Gasteiger partial charge < -0.3 is 5.32 Å². The molecule has 1 N–H and O–H groups in total. The Kier molecular flexibility index (Phi) is 1.79. The van der Waals surface area contributed by atoms with E-state index in [4.69, 9.17) is 0 Å². The van der Waals surface area contributed by atoms with Crippen LogP contribution in [0.3, 0.4) is 0 Å². The number of anilines is 1. The van der Waals surface area contributed by atoms with Crippen LogP contribution in [0.5, 0.6) is 0 Å². The van der Waals surface area contributed by atoms with Gasteiger partial charge >= 0.3 is 0 Å². The van der Waals surface area contributed by atoms with Crippen LogP contribution in [0.25, 0.3) is 0 Å². The van der Waals surface area contributed by atoms with E-state index in [0.29, 0.717) is 0 Å². The molecule has 1 unspecified atom stereocenters. The number of fused-ring (bicyclic) bond motifs is 1. The van der Waals surface area contributed by atoms with Crippen molar-refractivity contribution in [2.24, 2.45) is 5.92 Å². The Labute approximate surface area is 84.5 Å². The summed E-state index contributed by atoms with van der Waals surface area (Å²) in [6, 6.07) is 2.24. The molecule has 0 aromatic carbocycles. The predicted molar refractivity (Wildman–Crippen MR) is 56.5 cm³/mol. The summed E-state index contributed by atoms with van der Waals surface area (Å²) >= 11 is 0. The number of rotatable bonds is 2. The van der Waals surface area contributed by atoms with Gasteiger partial charge in [-0.1, -0.05) is 6.92 Å². The summed E-state index contributed by atoms with van der Waals surface area (Å²) in [5.41, 5.74) is 1.31. The van der Waals surface area contributed by atoms with E-state index in [1.165, 1.54) is 30.8 Å². The Bertz CT molecular complexity index is 338. The number of hydrogen-bond donors (Lipinski definition) is 1. The van der Waals surface area contributed by atoms with Crippen molar-refractivity contribution in [3.63, 3.8) is 0 Å². The molecule has 76 valence electrons. The lowest BCUT2D eigenvalue weighted by atomic mass is 10.1. The smallest absolute Gasteiger partial charge is 0.124 e. The fourth-order valence-corrected chi connectivity index (χ4v) is 2.13. The van der Waals surface area contributed by atoms with Gasteiger partial charge in [0.25, 0.3) is 0 Å². The summed E-state index contributed by atoms with van der Waals surface area (Å²) in [5, 5.41) is 8.13. The van der Waals surface area contributed by atoms with Gasteiger partial charge in [-0.2, -0.15) is 5.10 Å². The van der Waals surface area contributed by atoms with Crippen LogP contribution < -0.4 is 5.32 Å². The second-order valence-corrected chi connectivity index (χ2v) is 4.57. The molecule has 3 heteroatoms. The van der Waals surface area contributed by atoms with E-state index in [0.717, 1.165) is 24.9 Å². The average molecular weight is 191 g/mol. The molecule has 1 fully saturated rings. The highest BCUT2D eigenvalue weighted by Gasteiger charge is 2.28. The van der Waals surface area contributed by atoms with Crippen molar-refractivity contribution in [1.82, 2.24) is 9.78 Å². The maximum atomic E-state index is 4.67. The van der Waals surface area contributed by atoms with Crippen LogP contribution in [0, 0.1) is 5.92 Å². The molecule has 2 aliphatic rings. The summed E-state index contributed by atoms with van der Waals surface area (Å²) in [4.78, 5) is 0. The maximum absolute atomic E-state index is 4.67. The van der Waals surface area contributed by atoms with E-state index in [9.17, 15) is 0 Å². The van der Waals surface area contributed by atoms with E-state index in [1.807, 2.05) is 0 Å². The molecule has 2 heterocycles. The van der Waals surface area contributed by atoms with E-state index in [-0.39, 0.29) is 0 Å². The first-order chi connectivity index (χ1) is 6.86. The second-order valence-electron chi connectivity index (χ2n) is 4.57. The van der Waals surface area contributed by atoms with Gasteiger partial charge in [-0.05, 0) is 25.2 Å². The minimum atomic E-state index is 0.759. The van der Waals surface area contributed by atoms with Gasteiger partial charge in [0.15, 0.2) is 0 Å². The normalized spacial score (nSPS) is 25.6. The third kappa shape index (κ3) is 1.31. The molecule has 0 bridgehead atoms. The van der Waals surface area contributed by atoms with Crippen molar-refractivity contribution in [3.8, 4) is 0 Å². The van der Waals surface area contributed by atoms with E-state index in [2.05, 4.69) is 28.1 Å². The molecular formula is C11H17N3. The molecule has 1 atom stereocenters. The van der Waals surface area contributed by atoms with Gasteiger partial charge in [0.2, 0.25) is 0 Å². The lowest BCUT2D eigenvalue weighted by Gasteiger charge is -2.23. The number of hydrogen-bond acceptors (Lipinski definition) is 2. The Morgan fingerprint density at radius 1 is 1.57 bits per heavy atom. The molecule has 0 saturated heterocycles. The van der Waals surface area contributed by atoms with Gasteiger partial charge in [-0.3, -0.25) is 0 Å². The molecule has 1 aromatic heterocycles. The predicted octanol–water partition coefficient (Wildman–Crippen LogP) is 2.21. The Hall–Kier alpha value is -0.990. The zero-order valence-electron chi connectivity index (χ0n) is 8.66. The van der Waals surface area contributed by atoms with Crippen LogP contribution in [0.4, 0.5) is 5.82 Å². The molecule has 3 rings (SSSR count). The lowest BCUT2D eigenvalue weighted by molar-refractivity contribution is 0.402.